The number of halogens is 1. The van der Waals surface area contributed by atoms with Crippen LogP contribution in [0.3, 0.4) is 0 Å². The molecule has 0 atom stereocenters. The van der Waals surface area contributed by atoms with Gasteiger partial charge in [-0.05, 0) is 18.2 Å². The lowest BCUT2D eigenvalue weighted by atomic mass is 9.88. The molecule has 1 saturated heterocycles. The summed E-state index contributed by atoms with van der Waals surface area (Å²) < 4.78 is 22.9. The van der Waals surface area contributed by atoms with E-state index in [2.05, 4.69) is 17.0 Å². The molecule has 1 heterocycles. The van der Waals surface area contributed by atoms with Crippen LogP contribution in [0.4, 0.5) is 10.1 Å². The Hall–Kier alpha value is -1.62. The van der Waals surface area contributed by atoms with Crippen LogP contribution >= 0.6 is 0 Å². The van der Waals surface area contributed by atoms with Gasteiger partial charge in [0, 0.05) is 17.6 Å². The Labute approximate surface area is 105 Å². The van der Waals surface area contributed by atoms with Crippen LogP contribution in [0.25, 0.3) is 0 Å². The van der Waals surface area contributed by atoms with Crippen LogP contribution in [0.2, 0.25) is 0 Å². The third-order valence-electron chi connectivity index (χ3n) is 2.99. The first kappa shape index (κ1) is 12.8. The average Bonchev–Trinajstić information content (AvgIpc) is 2.34. The van der Waals surface area contributed by atoms with Gasteiger partial charge < -0.3 is 14.8 Å². The van der Waals surface area contributed by atoms with Crippen LogP contribution in [0.15, 0.2) is 18.2 Å². The second-order valence-corrected chi connectivity index (χ2v) is 4.84. The van der Waals surface area contributed by atoms with Crippen molar-refractivity contribution in [3.63, 3.8) is 0 Å². The molecule has 1 fully saturated rings. The molecular weight excluding hydrogens is 237 g/mol. The van der Waals surface area contributed by atoms with Crippen molar-refractivity contribution < 1.29 is 18.7 Å². The lowest BCUT2D eigenvalue weighted by Gasteiger charge is -2.38. The number of rotatable bonds is 4. The van der Waals surface area contributed by atoms with Gasteiger partial charge >= 0.3 is 5.97 Å². The first-order valence-corrected chi connectivity index (χ1v) is 5.74. The summed E-state index contributed by atoms with van der Waals surface area (Å²) in [6.07, 6.45) is 0. The number of methoxy groups -OCH3 is 1. The van der Waals surface area contributed by atoms with Gasteiger partial charge in [-0.15, -0.1) is 0 Å². The van der Waals surface area contributed by atoms with E-state index in [0.29, 0.717) is 25.4 Å². The van der Waals surface area contributed by atoms with Crippen LogP contribution in [-0.4, -0.2) is 32.8 Å². The fourth-order valence-corrected chi connectivity index (χ4v) is 1.81. The molecule has 0 aromatic heterocycles. The van der Waals surface area contributed by atoms with E-state index in [4.69, 9.17) is 4.74 Å². The molecule has 18 heavy (non-hydrogen) atoms. The number of carbonyl (C=O) groups is 1. The molecular formula is C13H16FNO3. The number of carbonyl (C=O) groups excluding carboxylic acids is 1. The van der Waals surface area contributed by atoms with Crippen molar-refractivity contribution in [2.24, 2.45) is 5.41 Å². The highest BCUT2D eigenvalue weighted by molar-refractivity contribution is 5.95. The van der Waals surface area contributed by atoms with Crippen molar-refractivity contribution in [2.75, 3.05) is 32.2 Å². The minimum atomic E-state index is -0.549. The average molecular weight is 253 g/mol. The summed E-state index contributed by atoms with van der Waals surface area (Å²) in [7, 11) is 1.28. The molecule has 1 aromatic rings. The zero-order valence-electron chi connectivity index (χ0n) is 10.5. The molecule has 0 unspecified atom stereocenters. The maximum Gasteiger partial charge on any atom is 0.340 e. The maximum atomic E-state index is 13.1. The van der Waals surface area contributed by atoms with Crippen LogP contribution in [0.1, 0.15) is 17.3 Å². The summed E-state index contributed by atoms with van der Waals surface area (Å²) >= 11 is 0. The molecule has 0 spiro atoms. The normalized spacial score (nSPS) is 16.8. The molecule has 98 valence electrons. The molecule has 0 aliphatic carbocycles. The molecule has 0 amide bonds. The highest BCUT2D eigenvalue weighted by Gasteiger charge is 2.33. The highest BCUT2D eigenvalue weighted by Crippen LogP contribution is 2.28. The van der Waals surface area contributed by atoms with Crippen LogP contribution in [-0.2, 0) is 9.47 Å². The van der Waals surface area contributed by atoms with Crippen molar-refractivity contribution in [3.05, 3.63) is 29.6 Å². The SMILES string of the molecule is COC(=O)c1cc(F)ccc1NCC1(C)COC1. The summed E-state index contributed by atoms with van der Waals surface area (Å²) in [6.45, 7) is 4.14. The van der Waals surface area contributed by atoms with E-state index in [1.165, 1.54) is 19.2 Å². The molecule has 2 rings (SSSR count). The Balaban J connectivity index is 2.13. The van der Waals surface area contributed by atoms with Gasteiger partial charge in [0.2, 0.25) is 0 Å². The monoisotopic (exact) mass is 253 g/mol. The molecule has 0 saturated carbocycles. The number of benzene rings is 1. The smallest absolute Gasteiger partial charge is 0.340 e. The molecule has 5 heteroatoms. The van der Waals surface area contributed by atoms with Gasteiger partial charge in [0.1, 0.15) is 5.82 Å². The fraction of sp³-hybridized carbons (Fsp3) is 0.462. The maximum absolute atomic E-state index is 13.1. The number of nitrogens with one attached hydrogen (secondary N) is 1. The molecule has 0 radical (unpaired) electrons. The summed E-state index contributed by atoms with van der Waals surface area (Å²) in [4.78, 5) is 11.5. The van der Waals surface area contributed by atoms with Crippen LogP contribution in [0.5, 0.6) is 0 Å². The Morgan fingerprint density at radius 1 is 1.56 bits per heavy atom. The van der Waals surface area contributed by atoms with Gasteiger partial charge in [0.05, 0.1) is 25.9 Å². The van der Waals surface area contributed by atoms with Crippen molar-refractivity contribution in [2.45, 2.75) is 6.92 Å². The predicted molar refractivity (Wildman–Crippen MR) is 65.2 cm³/mol. The first-order chi connectivity index (χ1) is 8.54. The minimum absolute atomic E-state index is 0.0712. The first-order valence-electron chi connectivity index (χ1n) is 5.74. The highest BCUT2D eigenvalue weighted by atomic mass is 19.1. The van der Waals surface area contributed by atoms with E-state index in [-0.39, 0.29) is 11.0 Å². The van der Waals surface area contributed by atoms with Crippen molar-refractivity contribution in [1.82, 2.24) is 0 Å². The van der Waals surface area contributed by atoms with E-state index in [1.54, 1.807) is 6.07 Å². The number of esters is 1. The standard InChI is InChI=1S/C13H16FNO3/c1-13(7-18-8-13)6-15-11-4-3-9(14)5-10(11)12(16)17-2/h3-5,15H,6-8H2,1-2H3. The summed E-state index contributed by atoms with van der Waals surface area (Å²) in [5.74, 6) is -1.01. The second-order valence-electron chi connectivity index (χ2n) is 4.84. The zero-order valence-corrected chi connectivity index (χ0v) is 10.5. The number of anilines is 1. The van der Waals surface area contributed by atoms with Crippen LogP contribution < -0.4 is 5.32 Å². The second kappa shape index (κ2) is 4.94. The van der Waals surface area contributed by atoms with E-state index in [1.807, 2.05) is 0 Å². The topological polar surface area (TPSA) is 47.6 Å². The number of hydrogen-bond acceptors (Lipinski definition) is 4. The molecule has 1 aromatic carbocycles. The van der Waals surface area contributed by atoms with Crippen molar-refractivity contribution in [3.8, 4) is 0 Å². The summed E-state index contributed by atoms with van der Waals surface area (Å²) in [5.41, 5.74) is 0.861. The van der Waals surface area contributed by atoms with Gasteiger partial charge in [-0.3, -0.25) is 0 Å². The van der Waals surface area contributed by atoms with Gasteiger partial charge in [0.15, 0.2) is 0 Å². The molecule has 1 aliphatic heterocycles. The van der Waals surface area contributed by atoms with E-state index >= 15 is 0 Å². The van der Waals surface area contributed by atoms with E-state index in [0.717, 1.165) is 0 Å². The van der Waals surface area contributed by atoms with Crippen LogP contribution in [0, 0.1) is 11.2 Å². The van der Waals surface area contributed by atoms with Crippen molar-refractivity contribution in [1.29, 1.82) is 0 Å². The Bertz CT molecular complexity index is 458. The lowest BCUT2D eigenvalue weighted by Crippen LogP contribution is -2.45. The Morgan fingerprint density at radius 2 is 2.28 bits per heavy atom. The number of hydrogen-bond donors (Lipinski definition) is 1. The Kier molecular flexibility index (Phi) is 3.52. The van der Waals surface area contributed by atoms with Crippen molar-refractivity contribution >= 4 is 11.7 Å². The molecule has 1 aliphatic rings. The largest absolute Gasteiger partial charge is 0.465 e. The Morgan fingerprint density at radius 3 is 2.83 bits per heavy atom. The fourth-order valence-electron chi connectivity index (χ4n) is 1.81. The predicted octanol–water partition coefficient (Wildman–Crippen LogP) is 2.06. The summed E-state index contributed by atoms with van der Waals surface area (Å²) in [5, 5.41) is 3.15. The van der Waals surface area contributed by atoms with E-state index in [9.17, 15) is 9.18 Å². The molecule has 0 bridgehead atoms. The van der Waals surface area contributed by atoms with Gasteiger partial charge in [-0.2, -0.15) is 0 Å². The zero-order chi connectivity index (χ0) is 13.2. The summed E-state index contributed by atoms with van der Waals surface area (Å²) in [6, 6.07) is 4.03. The van der Waals surface area contributed by atoms with Gasteiger partial charge in [0.25, 0.3) is 0 Å². The van der Waals surface area contributed by atoms with Gasteiger partial charge in [-0.25, -0.2) is 9.18 Å². The van der Waals surface area contributed by atoms with E-state index < -0.39 is 11.8 Å². The quantitative estimate of drug-likeness (QED) is 0.834. The lowest BCUT2D eigenvalue weighted by molar-refractivity contribution is -0.0924. The molecule has 1 N–H and O–H groups in total. The third kappa shape index (κ3) is 2.61. The third-order valence-corrected chi connectivity index (χ3v) is 2.99. The van der Waals surface area contributed by atoms with Gasteiger partial charge in [-0.1, -0.05) is 6.92 Å². The molecule has 4 nitrogen and oxygen atoms in total. The minimum Gasteiger partial charge on any atom is -0.465 e. The number of ether oxygens (including phenoxy) is 2.